The van der Waals surface area contributed by atoms with Gasteiger partial charge in [0.1, 0.15) is 23.8 Å². The number of aromatic nitrogens is 4. The maximum absolute atomic E-state index is 12.4. The lowest BCUT2D eigenvalue weighted by Crippen LogP contribution is -2.19. The fourth-order valence-electron chi connectivity index (χ4n) is 3.14. The third kappa shape index (κ3) is 5.37. The van der Waals surface area contributed by atoms with E-state index in [-0.39, 0.29) is 6.03 Å². The average Bonchev–Trinajstić information content (AvgIpc) is 3.35. The topological polar surface area (TPSA) is 115 Å². The first kappa shape index (κ1) is 21.6. The second kappa shape index (κ2) is 9.69. The van der Waals surface area contributed by atoms with Crippen LogP contribution in [0.25, 0.3) is 5.82 Å². The third-order valence-corrected chi connectivity index (χ3v) is 4.65. The molecule has 4 aromatic rings. The van der Waals surface area contributed by atoms with Crippen molar-refractivity contribution in [3.05, 3.63) is 73.1 Å². The van der Waals surface area contributed by atoms with Crippen LogP contribution in [0, 0.1) is 6.92 Å². The second-order valence-electron chi connectivity index (χ2n) is 6.98. The van der Waals surface area contributed by atoms with Crippen LogP contribution in [0.1, 0.15) is 5.82 Å². The van der Waals surface area contributed by atoms with Crippen LogP contribution in [0.3, 0.4) is 0 Å². The quantitative estimate of drug-likeness (QED) is 0.387. The van der Waals surface area contributed by atoms with E-state index in [9.17, 15) is 4.79 Å². The third-order valence-electron chi connectivity index (χ3n) is 4.65. The maximum Gasteiger partial charge on any atom is 0.323 e. The Bertz CT molecular complexity index is 1240. The second-order valence-corrected chi connectivity index (χ2v) is 6.98. The molecular formula is C23H23N7O3. The monoisotopic (exact) mass is 445 g/mol. The van der Waals surface area contributed by atoms with Crippen molar-refractivity contribution in [2.24, 2.45) is 0 Å². The molecule has 0 aliphatic heterocycles. The zero-order chi connectivity index (χ0) is 23.2. The molecule has 2 heterocycles. The first-order valence-electron chi connectivity index (χ1n) is 10.0. The molecule has 0 radical (unpaired) electrons. The minimum absolute atomic E-state index is 0.376. The van der Waals surface area contributed by atoms with Crippen molar-refractivity contribution in [1.29, 1.82) is 0 Å². The summed E-state index contributed by atoms with van der Waals surface area (Å²) in [4.78, 5) is 25.3. The van der Waals surface area contributed by atoms with Gasteiger partial charge in [-0.25, -0.2) is 19.7 Å². The van der Waals surface area contributed by atoms with Gasteiger partial charge >= 0.3 is 6.03 Å². The van der Waals surface area contributed by atoms with Crippen molar-refractivity contribution in [2.45, 2.75) is 6.92 Å². The number of ether oxygens (including phenoxy) is 2. The minimum Gasteiger partial charge on any atom is -0.493 e. The van der Waals surface area contributed by atoms with Gasteiger partial charge in [0.15, 0.2) is 11.5 Å². The van der Waals surface area contributed by atoms with Gasteiger partial charge < -0.3 is 25.4 Å². The number of carbonyl (C=O) groups is 1. The normalized spacial score (nSPS) is 10.4. The molecule has 2 amide bonds. The number of urea groups is 1. The van der Waals surface area contributed by atoms with E-state index in [2.05, 4.69) is 30.9 Å². The Balaban J connectivity index is 1.39. The van der Waals surface area contributed by atoms with Gasteiger partial charge in [0.2, 0.25) is 0 Å². The Morgan fingerprint density at radius 2 is 1.58 bits per heavy atom. The molecule has 0 spiro atoms. The highest BCUT2D eigenvalue weighted by molar-refractivity contribution is 6.00. The van der Waals surface area contributed by atoms with Crippen molar-refractivity contribution in [3.8, 4) is 17.3 Å². The number of nitrogens with one attached hydrogen (secondary N) is 3. The van der Waals surface area contributed by atoms with E-state index in [0.717, 1.165) is 5.69 Å². The number of amides is 2. The number of benzene rings is 2. The highest BCUT2D eigenvalue weighted by atomic mass is 16.5. The van der Waals surface area contributed by atoms with Crippen LogP contribution in [0.5, 0.6) is 11.5 Å². The number of imidazole rings is 1. The average molecular weight is 445 g/mol. The summed E-state index contributed by atoms with van der Waals surface area (Å²) < 4.78 is 12.3. The molecule has 4 rings (SSSR count). The fourth-order valence-corrected chi connectivity index (χ4v) is 3.14. The summed E-state index contributed by atoms with van der Waals surface area (Å²) in [7, 11) is 3.10. The van der Waals surface area contributed by atoms with E-state index in [1.54, 1.807) is 57.1 Å². The van der Waals surface area contributed by atoms with Gasteiger partial charge in [-0.2, -0.15) is 0 Å². The smallest absolute Gasteiger partial charge is 0.323 e. The van der Waals surface area contributed by atoms with E-state index < -0.39 is 0 Å². The van der Waals surface area contributed by atoms with Crippen LogP contribution < -0.4 is 25.4 Å². The molecule has 2 aromatic carbocycles. The molecule has 0 saturated carbocycles. The molecule has 0 unspecified atom stereocenters. The number of methoxy groups -OCH3 is 2. The van der Waals surface area contributed by atoms with Crippen LogP contribution >= 0.6 is 0 Å². The molecule has 0 fully saturated rings. The molecule has 0 bridgehead atoms. The molecule has 168 valence electrons. The molecule has 3 N–H and O–H groups in total. The highest BCUT2D eigenvalue weighted by Crippen LogP contribution is 2.29. The summed E-state index contributed by atoms with van der Waals surface area (Å²) in [6.07, 6.45) is 5.19. The first-order valence-corrected chi connectivity index (χ1v) is 10.0. The largest absolute Gasteiger partial charge is 0.493 e. The number of rotatable bonds is 7. The van der Waals surface area contributed by atoms with Crippen molar-refractivity contribution in [2.75, 3.05) is 30.2 Å². The van der Waals surface area contributed by atoms with Crippen LogP contribution in [-0.2, 0) is 0 Å². The van der Waals surface area contributed by atoms with Crippen LogP contribution in [0.4, 0.5) is 27.7 Å². The summed E-state index contributed by atoms with van der Waals surface area (Å²) >= 11 is 0. The summed E-state index contributed by atoms with van der Waals surface area (Å²) in [6, 6.07) is 13.9. The number of aryl methyl sites for hydroxylation is 1. The van der Waals surface area contributed by atoms with Crippen LogP contribution in [0.2, 0.25) is 0 Å². The van der Waals surface area contributed by atoms with Gasteiger partial charge in [-0.15, -0.1) is 0 Å². The van der Waals surface area contributed by atoms with Crippen LogP contribution in [0.15, 0.2) is 67.3 Å². The van der Waals surface area contributed by atoms with Gasteiger partial charge in [0.05, 0.1) is 14.2 Å². The Hall–Kier alpha value is -4.60. The number of anilines is 4. The number of carbonyl (C=O) groups excluding carboxylic acids is 1. The van der Waals surface area contributed by atoms with Gasteiger partial charge in [0, 0.05) is 41.6 Å². The molecule has 10 nitrogen and oxygen atoms in total. The van der Waals surface area contributed by atoms with E-state index in [1.807, 2.05) is 35.9 Å². The fraction of sp³-hybridized carbons (Fsp3) is 0.130. The lowest BCUT2D eigenvalue weighted by molar-refractivity contribution is 0.262. The Morgan fingerprint density at radius 3 is 2.27 bits per heavy atom. The van der Waals surface area contributed by atoms with Crippen LogP contribution in [-0.4, -0.2) is 39.8 Å². The zero-order valence-electron chi connectivity index (χ0n) is 18.4. The molecule has 0 aliphatic carbocycles. The van der Waals surface area contributed by atoms with Gasteiger partial charge in [-0.1, -0.05) is 0 Å². The van der Waals surface area contributed by atoms with Crippen molar-refractivity contribution in [1.82, 2.24) is 19.5 Å². The SMILES string of the molecule is COc1ccc(NC(=O)Nc2ccc(Nc3cc(-n4ccnc4)nc(C)n3)cc2)cc1OC. The van der Waals surface area contributed by atoms with Gasteiger partial charge in [-0.3, -0.25) is 4.57 Å². The van der Waals surface area contributed by atoms with E-state index in [4.69, 9.17) is 9.47 Å². The zero-order valence-corrected chi connectivity index (χ0v) is 18.4. The Morgan fingerprint density at radius 1 is 0.879 bits per heavy atom. The van der Waals surface area contributed by atoms with Gasteiger partial charge in [-0.05, 0) is 43.3 Å². The minimum atomic E-state index is -0.376. The predicted molar refractivity (Wildman–Crippen MR) is 126 cm³/mol. The van der Waals surface area contributed by atoms with Gasteiger partial charge in [0.25, 0.3) is 0 Å². The number of hydrogen-bond donors (Lipinski definition) is 3. The Labute approximate surface area is 190 Å². The molecule has 0 saturated heterocycles. The highest BCUT2D eigenvalue weighted by Gasteiger charge is 2.08. The molecular weight excluding hydrogens is 422 g/mol. The summed E-state index contributed by atoms with van der Waals surface area (Å²) in [5.41, 5.74) is 2.03. The molecule has 0 aliphatic rings. The van der Waals surface area contributed by atoms with Crippen molar-refractivity contribution >= 4 is 28.9 Å². The first-order chi connectivity index (χ1) is 16.0. The molecule has 0 atom stereocenters. The predicted octanol–water partition coefficient (Wildman–Crippen LogP) is 4.38. The molecule has 33 heavy (non-hydrogen) atoms. The summed E-state index contributed by atoms with van der Waals surface area (Å²) in [6.45, 7) is 1.83. The van der Waals surface area contributed by atoms with E-state index in [0.29, 0.717) is 40.3 Å². The lowest BCUT2D eigenvalue weighted by Gasteiger charge is -2.12. The summed E-state index contributed by atoms with van der Waals surface area (Å²) in [5, 5.41) is 8.82. The van der Waals surface area contributed by atoms with E-state index >= 15 is 0 Å². The molecule has 2 aromatic heterocycles. The standard InChI is InChI=1S/C23H23N7O3/c1-15-25-21(13-22(26-15)30-11-10-24-14-30)27-16-4-6-17(7-5-16)28-23(31)29-18-8-9-19(32-2)20(12-18)33-3/h4-14H,1-3H3,(H,25,26,27)(H2,28,29,31). The maximum atomic E-state index is 12.4. The number of nitrogens with zero attached hydrogens (tertiary/aromatic N) is 4. The Kier molecular flexibility index (Phi) is 6.35. The van der Waals surface area contributed by atoms with Crippen molar-refractivity contribution < 1.29 is 14.3 Å². The van der Waals surface area contributed by atoms with Crippen molar-refractivity contribution in [3.63, 3.8) is 0 Å². The lowest BCUT2D eigenvalue weighted by atomic mass is 10.2. The summed E-state index contributed by atoms with van der Waals surface area (Å²) in [5.74, 6) is 3.11. The number of hydrogen-bond acceptors (Lipinski definition) is 7. The van der Waals surface area contributed by atoms with E-state index in [1.165, 1.54) is 0 Å². The molecule has 10 heteroatoms.